The van der Waals surface area contributed by atoms with Gasteiger partial charge in [-0.1, -0.05) is 35.3 Å². The van der Waals surface area contributed by atoms with E-state index in [1.165, 1.54) is 29.2 Å². The Bertz CT molecular complexity index is 1180. The number of hydrogen-bond acceptors (Lipinski definition) is 8. The molecule has 0 aromatic heterocycles. The van der Waals surface area contributed by atoms with E-state index in [1.807, 2.05) is 0 Å². The molecule has 2 rings (SSSR count). The van der Waals surface area contributed by atoms with Gasteiger partial charge >= 0.3 is 5.97 Å². The van der Waals surface area contributed by atoms with E-state index in [2.05, 4.69) is 15.6 Å². The number of phenols is 1. The summed E-state index contributed by atoms with van der Waals surface area (Å²) in [7, 11) is 0. The van der Waals surface area contributed by atoms with Crippen LogP contribution in [0.1, 0.15) is 34.0 Å². The minimum Gasteiger partial charge on any atom is -0.508 e. The van der Waals surface area contributed by atoms with Crippen LogP contribution in [-0.4, -0.2) is 80.7 Å². The van der Waals surface area contributed by atoms with Crippen molar-refractivity contribution in [2.45, 2.75) is 25.1 Å². The number of rotatable bonds is 12. The number of aromatic hydroxyl groups is 1. The number of aliphatic hydroxyl groups is 3. The number of aliphatic hydroxyl groups excluding tert-OH is 3. The molecule has 38 heavy (non-hydrogen) atoms. The number of hydrogen-bond donors (Lipinski definition) is 7. The number of aliphatic imine (C=N–C) groups is 1. The quantitative estimate of drug-likeness (QED) is 0.0846. The van der Waals surface area contributed by atoms with Gasteiger partial charge in [0.15, 0.2) is 6.19 Å². The summed E-state index contributed by atoms with van der Waals surface area (Å²) in [5.74, 6) is -2.78. The summed E-state index contributed by atoms with van der Waals surface area (Å²) in [6.45, 7) is -0.904. The third-order valence-electron chi connectivity index (χ3n) is 5.25. The maximum Gasteiger partial charge on any atom is 0.349 e. The molecular formula is C24H27Cl2N5O7. The van der Waals surface area contributed by atoms with Crippen molar-refractivity contribution in [2.24, 2.45) is 4.99 Å². The number of carbonyl (C=O) groups is 2. The highest BCUT2D eigenvalue weighted by Gasteiger charge is 2.25. The maximum atomic E-state index is 12.9. The number of aliphatic carboxylic acids is 1. The van der Waals surface area contributed by atoms with Gasteiger partial charge in [0.05, 0.1) is 34.9 Å². The number of guanidine groups is 1. The smallest absolute Gasteiger partial charge is 0.349 e. The Morgan fingerprint density at radius 3 is 2.26 bits per heavy atom. The van der Waals surface area contributed by atoms with Crippen molar-refractivity contribution >= 4 is 41.0 Å². The number of benzene rings is 2. The summed E-state index contributed by atoms with van der Waals surface area (Å²) in [6.07, 6.45) is -0.559. The molecule has 0 aliphatic heterocycles. The maximum absolute atomic E-state index is 12.9. The largest absolute Gasteiger partial charge is 0.508 e. The molecule has 0 fully saturated rings. The van der Waals surface area contributed by atoms with Crippen LogP contribution in [0.4, 0.5) is 0 Å². The molecule has 0 saturated heterocycles. The summed E-state index contributed by atoms with van der Waals surface area (Å²) in [4.78, 5) is 29.8. The van der Waals surface area contributed by atoms with Gasteiger partial charge in [0.1, 0.15) is 5.75 Å². The summed E-state index contributed by atoms with van der Waals surface area (Å²) in [5, 5.41) is 61.2. The Hall–Kier alpha value is -3.60. The van der Waals surface area contributed by atoms with Crippen LogP contribution in [0.25, 0.3) is 0 Å². The molecule has 0 bridgehead atoms. The first-order valence-electron chi connectivity index (χ1n) is 11.3. The summed E-state index contributed by atoms with van der Waals surface area (Å²) >= 11 is 12.6. The molecule has 1 unspecified atom stereocenters. The van der Waals surface area contributed by atoms with Crippen molar-refractivity contribution in [3.05, 3.63) is 63.1 Å². The SMILES string of the molecule is N#CNC(=N[C@H](NC(=O)c1c(Cl)cc(CCC(O)c2cccc(O)c2)cc1Cl)C(=O)O)N(CCO)CCO. The predicted molar refractivity (Wildman–Crippen MR) is 139 cm³/mol. The summed E-state index contributed by atoms with van der Waals surface area (Å²) in [5.41, 5.74) is 0.928. The van der Waals surface area contributed by atoms with Crippen LogP contribution in [0.15, 0.2) is 41.4 Å². The molecule has 0 aliphatic rings. The lowest BCUT2D eigenvalue weighted by Crippen LogP contribution is -2.47. The molecule has 2 aromatic carbocycles. The number of nitriles is 1. The van der Waals surface area contributed by atoms with E-state index in [-0.39, 0.29) is 60.0 Å². The van der Waals surface area contributed by atoms with Gasteiger partial charge in [0.2, 0.25) is 12.1 Å². The molecule has 2 aromatic rings. The fourth-order valence-electron chi connectivity index (χ4n) is 3.46. The van der Waals surface area contributed by atoms with E-state index >= 15 is 0 Å². The van der Waals surface area contributed by atoms with Crippen LogP contribution in [0, 0.1) is 11.5 Å². The minimum absolute atomic E-state index is 0.0250. The minimum atomic E-state index is -1.87. The first-order valence-corrected chi connectivity index (χ1v) is 12.0. The second-order valence-corrected chi connectivity index (χ2v) is 8.74. The predicted octanol–water partition coefficient (Wildman–Crippen LogP) is 1.22. The highest BCUT2D eigenvalue weighted by Crippen LogP contribution is 2.29. The molecule has 0 heterocycles. The van der Waals surface area contributed by atoms with Gasteiger partial charge in [-0.25, -0.2) is 9.79 Å². The lowest BCUT2D eigenvalue weighted by atomic mass is 10.00. The highest BCUT2D eigenvalue weighted by atomic mass is 35.5. The highest BCUT2D eigenvalue weighted by molar-refractivity contribution is 6.39. The monoisotopic (exact) mass is 567 g/mol. The number of amides is 1. The molecule has 0 radical (unpaired) electrons. The molecule has 0 saturated carbocycles. The van der Waals surface area contributed by atoms with Crippen LogP contribution >= 0.6 is 23.2 Å². The number of halogens is 2. The van der Waals surface area contributed by atoms with Crippen LogP contribution in [-0.2, 0) is 11.2 Å². The number of phenolic OH excluding ortho intramolecular Hbond substituents is 1. The first-order chi connectivity index (χ1) is 18.1. The average molecular weight is 568 g/mol. The van der Waals surface area contributed by atoms with E-state index in [4.69, 9.17) is 28.5 Å². The number of nitrogens with one attached hydrogen (secondary N) is 2. The van der Waals surface area contributed by atoms with Crippen molar-refractivity contribution in [2.75, 3.05) is 26.3 Å². The van der Waals surface area contributed by atoms with Gasteiger partial charge in [-0.3, -0.25) is 10.1 Å². The number of carbonyl (C=O) groups excluding carboxylic acids is 1. The molecule has 1 amide bonds. The second kappa shape index (κ2) is 15.0. The number of nitrogens with zero attached hydrogens (tertiary/aromatic N) is 3. The molecule has 14 heteroatoms. The van der Waals surface area contributed by atoms with Crippen LogP contribution in [0.2, 0.25) is 10.0 Å². The van der Waals surface area contributed by atoms with Crippen molar-refractivity contribution < 1.29 is 35.1 Å². The molecule has 0 aliphatic carbocycles. The van der Waals surface area contributed by atoms with E-state index in [9.17, 15) is 35.1 Å². The molecule has 7 N–H and O–H groups in total. The van der Waals surface area contributed by atoms with Gasteiger partial charge in [-0.05, 0) is 48.2 Å². The van der Waals surface area contributed by atoms with Crippen LogP contribution < -0.4 is 10.6 Å². The van der Waals surface area contributed by atoms with Gasteiger partial charge in [-0.2, -0.15) is 5.26 Å². The fraction of sp³-hybridized carbons (Fsp3) is 0.333. The normalized spacial score (nSPS) is 12.8. The molecule has 12 nitrogen and oxygen atoms in total. The Balaban J connectivity index is 2.22. The Labute approximate surface area is 228 Å². The Morgan fingerprint density at radius 1 is 1.11 bits per heavy atom. The van der Waals surface area contributed by atoms with Crippen molar-refractivity contribution in [1.82, 2.24) is 15.5 Å². The Morgan fingerprint density at radius 2 is 1.74 bits per heavy atom. The zero-order valence-corrected chi connectivity index (χ0v) is 21.5. The summed E-state index contributed by atoms with van der Waals surface area (Å²) < 4.78 is 0. The van der Waals surface area contributed by atoms with Crippen LogP contribution in [0.5, 0.6) is 5.75 Å². The number of aryl methyl sites for hydroxylation is 1. The fourth-order valence-corrected chi connectivity index (χ4v) is 4.17. The van der Waals surface area contributed by atoms with Gasteiger partial charge < -0.3 is 35.7 Å². The molecule has 2 atom stereocenters. The van der Waals surface area contributed by atoms with E-state index in [1.54, 1.807) is 18.3 Å². The molecular weight excluding hydrogens is 541 g/mol. The van der Waals surface area contributed by atoms with Crippen molar-refractivity contribution in [3.63, 3.8) is 0 Å². The number of carboxylic acids is 1. The topological polar surface area (TPSA) is 199 Å². The zero-order valence-electron chi connectivity index (χ0n) is 20.0. The molecule has 204 valence electrons. The van der Waals surface area contributed by atoms with Crippen LogP contribution in [0.3, 0.4) is 0 Å². The van der Waals surface area contributed by atoms with E-state index in [0.717, 1.165) is 0 Å². The lowest BCUT2D eigenvalue weighted by Gasteiger charge is -2.24. The number of carboxylic acid groups (broad SMARTS) is 1. The van der Waals surface area contributed by atoms with Gasteiger partial charge in [0.25, 0.3) is 5.91 Å². The third kappa shape index (κ3) is 8.76. The lowest BCUT2D eigenvalue weighted by molar-refractivity contribution is -0.139. The average Bonchev–Trinajstić information content (AvgIpc) is 2.85. The van der Waals surface area contributed by atoms with Gasteiger partial charge in [-0.15, -0.1) is 0 Å². The van der Waals surface area contributed by atoms with Gasteiger partial charge in [0, 0.05) is 13.1 Å². The van der Waals surface area contributed by atoms with E-state index in [0.29, 0.717) is 17.5 Å². The first kappa shape index (κ1) is 30.6. The summed E-state index contributed by atoms with van der Waals surface area (Å²) in [6, 6.07) is 9.14. The Kier molecular flexibility index (Phi) is 12.1. The third-order valence-corrected chi connectivity index (χ3v) is 5.85. The zero-order chi connectivity index (χ0) is 28.2. The van der Waals surface area contributed by atoms with E-state index < -0.39 is 24.1 Å². The molecule has 0 spiro atoms. The van der Waals surface area contributed by atoms with Crippen molar-refractivity contribution in [1.29, 1.82) is 5.26 Å². The second-order valence-electron chi connectivity index (χ2n) is 7.92. The standard InChI is InChI=1S/C24H27Cl2N5O7/c25-17-10-14(4-5-19(35)15-2-1-3-16(34)12-15)11-18(26)20(17)22(36)29-21(23(37)38)30-24(28-13-27)31(6-8-32)7-9-33/h1-3,10-12,19,21,32-35H,4-9H2,(H,28,30)(H,29,36)(H,37,38)/t19?,21-/m0/s1. The van der Waals surface area contributed by atoms with Crippen molar-refractivity contribution in [3.8, 4) is 11.9 Å².